The van der Waals surface area contributed by atoms with Crippen LogP contribution in [0.5, 0.6) is 0 Å². The first-order valence-electron chi connectivity index (χ1n) is 8.98. The number of nitrogens with zero attached hydrogens (tertiary/aromatic N) is 4. The van der Waals surface area contributed by atoms with Crippen molar-refractivity contribution in [2.45, 2.75) is 31.6 Å². The molecule has 2 aromatic heterocycles. The van der Waals surface area contributed by atoms with Gasteiger partial charge >= 0.3 is 0 Å². The number of morpholine rings is 1. The van der Waals surface area contributed by atoms with Gasteiger partial charge in [-0.15, -0.1) is 0 Å². The molecular formula is C19H22N4O3. The molecule has 3 atom stereocenters. The molecule has 0 bridgehead atoms. The van der Waals surface area contributed by atoms with Crippen LogP contribution in [0, 0.1) is 5.92 Å². The normalized spacial score (nSPS) is 25.1. The molecule has 2 aliphatic rings. The van der Waals surface area contributed by atoms with Gasteiger partial charge in [-0.25, -0.2) is 0 Å². The van der Waals surface area contributed by atoms with Crippen LogP contribution in [0.25, 0.3) is 0 Å². The number of aromatic nitrogens is 3. The summed E-state index contributed by atoms with van der Waals surface area (Å²) in [6.45, 7) is 2.36. The highest BCUT2D eigenvalue weighted by molar-refractivity contribution is 5.94. The zero-order chi connectivity index (χ0) is 17.8. The molecule has 0 aromatic carbocycles. The van der Waals surface area contributed by atoms with Crippen LogP contribution in [-0.2, 0) is 16.1 Å². The fourth-order valence-corrected chi connectivity index (χ4v) is 3.84. The van der Waals surface area contributed by atoms with Gasteiger partial charge in [-0.1, -0.05) is 6.07 Å². The zero-order valence-electron chi connectivity index (χ0n) is 14.5. The lowest BCUT2D eigenvalue weighted by Crippen LogP contribution is -2.51. The molecular weight excluding hydrogens is 332 g/mol. The Morgan fingerprint density at radius 2 is 2.19 bits per heavy atom. The third-order valence-electron chi connectivity index (χ3n) is 5.06. The van der Waals surface area contributed by atoms with Crippen LogP contribution in [0.1, 0.15) is 28.9 Å². The van der Waals surface area contributed by atoms with Crippen LogP contribution in [0.3, 0.4) is 0 Å². The lowest BCUT2D eigenvalue weighted by atomic mass is 10.1. The van der Waals surface area contributed by atoms with E-state index in [9.17, 15) is 4.79 Å². The Labute approximate surface area is 152 Å². The van der Waals surface area contributed by atoms with Crippen molar-refractivity contribution in [2.24, 2.45) is 5.92 Å². The molecule has 1 saturated carbocycles. The summed E-state index contributed by atoms with van der Waals surface area (Å²) in [6.07, 6.45) is 6.76. The van der Waals surface area contributed by atoms with Gasteiger partial charge in [0.2, 0.25) is 0 Å². The minimum absolute atomic E-state index is 0.00764. The number of amides is 1. The second-order valence-corrected chi connectivity index (χ2v) is 6.78. The topological polar surface area (TPSA) is 77.4 Å². The second kappa shape index (κ2) is 7.88. The van der Waals surface area contributed by atoms with E-state index in [-0.39, 0.29) is 18.1 Å². The van der Waals surface area contributed by atoms with E-state index >= 15 is 0 Å². The number of rotatable bonds is 5. The van der Waals surface area contributed by atoms with Gasteiger partial charge < -0.3 is 14.4 Å². The number of hydrogen-bond acceptors (Lipinski definition) is 6. The second-order valence-electron chi connectivity index (χ2n) is 6.78. The predicted molar refractivity (Wildman–Crippen MR) is 93.2 cm³/mol. The van der Waals surface area contributed by atoms with E-state index in [4.69, 9.17) is 9.47 Å². The SMILES string of the molecule is O=C(c1ccnnc1)N1CCO[C@@H]2CC(COCc3ccccn3)C[C@H]21. The molecule has 2 aromatic rings. The van der Waals surface area contributed by atoms with E-state index in [1.165, 1.54) is 6.20 Å². The van der Waals surface area contributed by atoms with Gasteiger partial charge in [0, 0.05) is 12.7 Å². The summed E-state index contributed by atoms with van der Waals surface area (Å²) in [5.41, 5.74) is 1.51. The van der Waals surface area contributed by atoms with Crippen LogP contribution >= 0.6 is 0 Å². The lowest BCUT2D eigenvalue weighted by Gasteiger charge is -2.37. The number of fused-ring (bicyclic) bond motifs is 1. The molecule has 0 spiro atoms. The molecule has 4 rings (SSSR count). The number of carbonyl (C=O) groups is 1. The van der Waals surface area contributed by atoms with Crippen molar-refractivity contribution in [3.05, 3.63) is 54.1 Å². The Kier molecular flexibility index (Phi) is 5.17. The van der Waals surface area contributed by atoms with Gasteiger partial charge in [-0.3, -0.25) is 9.78 Å². The molecule has 1 amide bonds. The van der Waals surface area contributed by atoms with Crippen molar-refractivity contribution in [3.8, 4) is 0 Å². The molecule has 136 valence electrons. The maximum absolute atomic E-state index is 12.8. The number of carbonyl (C=O) groups excluding carboxylic acids is 1. The molecule has 0 N–H and O–H groups in total. The summed E-state index contributed by atoms with van der Waals surface area (Å²) < 4.78 is 11.8. The Hall–Kier alpha value is -2.38. The highest BCUT2D eigenvalue weighted by Gasteiger charge is 2.43. The molecule has 1 saturated heterocycles. The average molecular weight is 354 g/mol. The molecule has 2 fully saturated rings. The molecule has 7 heteroatoms. The van der Waals surface area contributed by atoms with Crippen molar-refractivity contribution >= 4 is 5.91 Å². The Morgan fingerprint density at radius 3 is 3.00 bits per heavy atom. The maximum atomic E-state index is 12.8. The Morgan fingerprint density at radius 1 is 1.23 bits per heavy atom. The first-order chi connectivity index (χ1) is 12.8. The van der Waals surface area contributed by atoms with E-state index < -0.39 is 0 Å². The van der Waals surface area contributed by atoms with Crippen molar-refractivity contribution in [2.75, 3.05) is 19.8 Å². The summed E-state index contributed by atoms with van der Waals surface area (Å²) in [4.78, 5) is 19.0. The van der Waals surface area contributed by atoms with Gasteiger partial charge in [0.15, 0.2) is 0 Å². The van der Waals surface area contributed by atoms with E-state index in [1.54, 1.807) is 18.5 Å². The Bertz CT molecular complexity index is 728. The van der Waals surface area contributed by atoms with E-state index in [0.717, 1.165) is 18.5 Å². The predicted octanol–water partition coefficient (Wildman–Crippen LogP) is 1.71. The molecule has 26 heavy (non-hydrogen) atoms. The van der Waals surface area contributed by atoms with Gasteiger partial charge in [0.25, 0.3) is 5.91 Å². The van der Waals surface area contributed by atoms with Crippen molar-refractivity contribution < 1.29 is 14.3 Å². The van der Waals surface area contributed by atoms with Crippen LogP contribution < -0.4 is 0 Å². The fraction of sp³-hybridized carbons (Fsp3) is 0.474. The zero-order valence-corrected chi connectivity index (χ0v) is 14.5. The fourth-order valence-electron chi connectivity index (χ4n) is 3.84. The minimum atomic E-state index is 0.00764. The van der Waals surface area contributed by atoms with Gasteiger partial charge in [-0.05, 0) is 37.0 Å². The smallest absolute Gasteiger partial charge is 0.255 e. The summed E-state index contributed by atoms with van der Waals surface area (Å²) >= 11 is 0. The van der Waals surface area contributed by atoms with E-state index in [2.05, 4.69) is 15.2 Å². The van der Waals surface area contributed by atoms with Crippen LogP contribution in [0.4, 0.5) is 0 Å². The first kappa shape index (κ1) is 17.1. The van der Waals surface area contributed by atoms with Gasteiger partial charge in [0.1, 0.15) is 0 Å². The lowest BCUT2D eigenvalue weighted by molar-refractivity contribution is -0.0450. The third-order valence-corrected chi connectivity index (χ3v) is 5.06. The van der Waals surface area contributed by atoms with E-state index in [1.807, 2.05) is 23.1 Å². The molecule has 7 nitrogen and oxygen atoms in total. The first-order valence-corrected chi connectivity index (χ1v) is 8.98. The van der Waals surface area contributed by atoms with Gasteiger partial charge in [0.05, 0.1) is 55.6 Å². The maximum Gasteiger partial charge on any atom is 0.255 e. The summed E-state index contributed by atoms with van der Waals surface area (Å²) in [7, 11) is 0. The molecule has 0 radical (unpaired) electrons. The number of pyridine rings is 1. The highest BCUT2D eigenvalue weighted by atomic mass is 16.5. The largest absolute Gasteiger partial charge is 0.375 e. The molecule has 1 aliphatic carbocycles. The van der Waals surface area contributed by atoms with Crippen LogP contribution in [0.2, 0.25) is 0 Å². The minimum Gasteiger partial charge on any atom is -0.375 e. The van der Waals surface area contributed by atoms with Crippen LogP contribution in [0.15, 0.2) is 42.9 Å². The summed E-state index contributed by atoms with van der Waals surface area (Å²) in [6, 6.07) is 7.63. The average Bonchev–Trinajstić information content (AvgIpc) is 3.12. The van der Waals surface area contributed by atoms with Crippen LogP contribution in [-0.4, -0.2) is 57.9 Å². The standard InChI is InChI=1S/C19H22N4O3/c24-19(15-4-6-21-22-11-15)23-7-8-26-18-10-14(9-17(18)23)12-25-13-16-3-1-2-5-20-16/h1-6,11,14,17-18H,7-10,12-13H2/t14?,17-,18-/m1/s1. The van der Waals surface area contributed by atoms with E-state index in [0.29, 0.717) is 37.8 Å². The molecule has 1 aliphatic heterocycles. The van der Waals surface area contributed by atoms with Crippen molar-refractivity contribution in [3.63, 3.8) is 0 Å². The summed E-state index contributed by atoms with van der Waals surface area (Å²) in [5.74, 6) is 0.394. The van der Waals surface area contributed by atoms with Crippen molar-refractivity contribution in [1.82, 2.24) is 20.1 Å². The highest BCUT2D eigenvalue weighted by Crippen LogP contribution is 2.35. The third kappa shape index (κ3) is 3.73. The number of ether oxygens (including phenoxy) is 2. The van der Waals surface area contributed by atoms with Gasteiger partial charge in [-0.2, -0.15) is 10.2 Å². The number of hydrogen-bond donors (Lipinski definition) is 0. The molecule has 3 heterocycles. The van der Waals surface area contributed by atoms with Crippen molar-refractivity contribution in [1.29, 1.82) is 0 Å². The Balaban J connectivity index is 1.35. The quantitative estimate of drug-likeness (QED) is 0.813. The summed E-state index contributed by atoms with van der Waals surface area (Å²) in [5, 5.41) is 7.56. The molecule has 1 unspecified atom stereocenters. The monoisotopic (exact) mass is 354 g/mol.